The number of hydrogen-bond donors (Lipinski definition) is 1. The summed E-state index contributed by atoms with van der Waals surface area (Å²) in [6.07, 6.45) is 2.64. The minimum absolute atomic E-state index is 0.394. The van der Waals surface area contributed by atoms with Gasteiger partial charge in [-0.25, -0.2) is 0 Å². The topological polar surface area (TPSA) is 48.3 Å². The number of methoxy groups -OCH3 is 1. The first-order valence-electron chi connectivity index (χ1n) is 7.06. The normalized spacial score (nSPS) is 13.3. The highest BCUT2D eigenvalue weighted by molar-refractivity contribution is 5.49. The Morgan fingerprint density at radius 1 is 1.45 bits per heavy atom. The lowest BCUT2D eigenvalue weighted by atomic mass is 9.92. The molecule has 0 fully saturated rings. The highest BCUT2D eigenvalue weighted by Gasteiger charge is 2.24. The molecule has 0 radical (unpaired) electrons. The molecule has 20 heavy (non-hydrogen) atoms. The largest absolute Gasteiger partial charge is 0.497 e. The standard InChI is InChI=1S/C16H25N3O/c1-5-16(13-17,18-2)10-7-11-19(3)14-8-6-9-15(12-14)20-4/h6,8-9,12,18H,5,7,10-11H2,1-4H3. The van der Waals surface area contributed by atoms with Crippen molar-refractivity contribution in [1.82, 2.24) is 5.32 Å². The second-order valence-corrected chi connectivity index (χ2v) is 5.02. The lowest BCUT2D eigenvalue weighted by Crippen LogP contribution is -2.41. The molecule has 1 aromatic carbocycles. The first-order valence-corrected chi connectivity index (χ1v) is 7.06. The van der Waals surface area contributed by atoms with Gasteiger partial charge in [-0.3, -0.25) is 0 Å². The molecule has 1 aromatic rings. The zero-order valence-corrected chi connectivity index (χ0v) is 12.9. The number of nitrogens with one attached hydrogen (secondary N) is 1. The average Bonchev–Trinajstić information content (AvgIpc) is 2.52. The zero-order valence-electron chi connectivity index (χ0n) is 12.9. The molecule has 0 saturated heterocycles. The van der Waals surface area contributed by atoms with Gasteiger partial charge in [-0.15, -0.1) is 0 Å². The molecular weight excluding hydrogens is 250 g/mol. The molecule has 110 valence electrons. The van der Waals surface area contributed by atoms with E-state index in [2.05, 4.69) is 29.4 Å². The van der Waals surface area contributed by atoms with E-state index in [1.165, 1.54) is 0 Å². The number of rotatable bonds is 8. The Hall–Kier alpha value is -1.73. The van der Waals surface area contributed by atoms with E-state index in [1.54, 1.807) is 7.11 Å². The molecule has 0 heterocycles. The molecule has 0 bridgehead atoms. The third-order valence-electron chi connectivity index (χ3n) is 3.89. The summed E-state index contributed by atoms with van der Waals surface area (Å²) in [6, 6.07) is 10.4. The molecule has 0 spiro atoms. The maximum atomic E-state index is 9.28. The highest BCUT2D eigenvalue weighted by Crippen LogP contribution is 2.21. The Bertz CT molecular complexity index is 449. The number of nitrogens with zero attached hydrogens (tertiary/aromatic N) is 2. The minimum Gasteiger partial charge on any atom is -0.497 e. The quantitative estimate of drug-likeness (QED) is 0.792. The zero-order chi connectivity index (χ0) is 15.0. The van der Waals surface area contributed by atoms with E-state index < -0.39 is 5.54 Å². The second-order valence-electron chi connectivity index (χ2n) is 5.02. The van der Waals surface area contributed by atoms with Crippen LogP contribution in [-0.2, 0) is 0 Å². The lowest BCUT2D eigenvalue weighted by Gasteiger charge is -2.26. The molecule has 0 aliphatic rings. The van der Waals surface area contributed by atoms with Crippen LogP contribution in [0.4, 0.5) is 5.69 Å². The molecule has 0 aliphatic carbocycles. The van der Waals surface area contributed by atoms with Gasteiger partial charge in [0.15, 0.2) is 0 Å². The van der Waals surface area contributed by atoms with Gasteiger partial charge in [0.25, 0.3) is 0 Å². The first kappa shape index (κ1) is 16.3. The van der Waals surface area contributed by atoms with Crippen molar-refractivity contribution in [3.63, 3.8) is 0 Å². The molecule has 4 heteroatoms. The Morgan fingerprint density at radius 3 is 2.75 bits per heavy atom. The van der Waals surface area contributed by atoms with Gasteiger partial charge < -0.3 is 15.0 Å². The minimum atomic E-state index is -0.394. The van der Waals surface area contributed by atoms with E-state index in [0.29, 0.717) is 0 Å². The van der Waals surface area contributed by atoms with Crippen molar-refractivity contribution < 1.29 is 4.74 Å². The van der Waals surface area contributed by atoms with E-state index in [1.807, 2.05) is 32.2 Å². The van der Waals surface area contributed by atoms with Crippen LogP contribution in [0.3, 0.4) is 0 Å². The average molecular weight is 275 g/mol. The van der Waals surface area contributed by atoms with Crippen molar-refractivity contribution in [3.8, 4) is 11.8 Å². The van der Waals surface area contributed by atoms with Gasteiger partial charge in [0, 0.05) is 25.3 Å². The Morgan fingerprint density at radius 2 is 2.20 bits per heavy atom. The maximum absolute atomic E-state index is 9.28. The number of nitriles is 1. The summed E-state index contributed by atoms with van der Waals surface area (Å²) >= 11 is 0. The summed E-state index contributed by atoms with van der Waals surface area (Å²) in [4.78, 5) is 2.19. The van der Waals surface area contributed by atoms with Crippen molar-refractivity contribution in [2.24, 2.45) is 0 Å². The van der Waals surface area contributed by atoms with Crippen LogP contribution in [0.15, 0.2) is 24.3 Å². The van der Waals surface area contributed by atoms with Crippen LogP contribution < -0.4 is 15.0 Å². The first-order chi connectivity index (χ1) is 9.60. The fourth-order valence-corrected chi connectivity index (χ4v) is 2.26. The van der Waals surface area contributed by atoms with Crippen molar-refractivity contribution in [3.05, 3.63) is 24.3 Å². The second kappa shape index (κ2) is 7.76. The van der Waals surface area contributed by atoms with Crippen LogP contribution in [0.2, 0.25) is 0 Å². The van der Waals surface area contributed by atoms with Gasteiger partial charge in [0.2, 0.25) is 0 Å². The summed E-state index contributed by atoms with van der Waals surface area (Å²) in [5, 5.41) is 12.4. The molecule has 1 atom stereocenters. The van der Waals surface area contributed by atoms with E-state index >= 15 is 0 Å². The molecule has 4 nitrogen and oxygen atoms in total. The van der Waals surface area contributed by atoms with Crippen molar-refractivity contribution >= 4 is 5.69 Å². The molecule has 1 unspecified atom stereocenters. The van der Waals surface area contributed by atoms with Gasteiger partial charge in [0.1, 0.15) is 11.3 Å². The Kier molecular flexibility index (Phi) is 6.33. The van der Waals surface area contributed by atoms with Gasteiger partial charge in [0.05, 0.1) is 13.2 Å². The third-order valence-corrected chi connectivity index (χ3v) is 3.89. The van der Waals surface area contributed by atoms with Gasteiger partial charge in [-0.1, -0.05) is 13.0 Å². The Labute approximate surface area is 122 Å². The fourth-order valence-electron chi connectivity index (χ4n) is 2.26. The third kappa shape index (κ3) is 4.14. The summed E-state index contributed by atoms with van der Waals surface area (Å²) < 4.78 is 5.24. The van der Waals surface area contributed by atoms with E-state index in [4.69, 9.17) is 4.74 Å². The Balaban J connectivity index is 2.55. The number of hydrogen-bond acceptors (Lipinski definition) is 4. The molecule has 0 aliphatic heterocycles. The summed E-state index contributed by atoms with van der Waals surface area (Å²) in [6.45, 7) is 2.96. The van der Waals surface area contributed by atoms with Gasteiger partial charge >= 0.3 is 0 Å². The molecular formula is C16H25N3O. The smallest absolute Gasteiger partial charge is 0.120 e. The van der Waals surface area contributed by atoms with Crippen molar-refractivity contribution in [2.75, 3.05) is 32.6 Å². The van der Waals surface area contributed by atoms with E-state index in [-0.39, 0.29) is 0 Å². The monoisotopic (exact) mass is 275 g/mol. The van der Waals surface area contributed by atoms with Crippen LogP contribution >= 0.6 is 0 Å². The van der Waals surface area contributed by atoms with Gasteiger partial charge in [-0.05, 0) is 38.4 Å². The predicted octanol–water partition coefficient (Wildman–Crippen LogP) is 2.80. The number of anilines is 1. The maximum Gasteiger partial charge on any atom is 0.120 e. The van der Waals surface area contributed by atoms with E-state index in [9.17, 15) is 5.26 Å². The van der Waals surface area contributed by atoms with Crippen LogP contribution in [0.25, 0.3) is 0 Å². The number of benzene rings is 1. The van der Waals surface area contributed by atoms with Crippen LogP contribution in [0, 0.1) is 11.3 Å². The van der Waals surface area contributed by atoms with Crippen molar-refractivity contribution in [1.29, 1.82) is 5.26 Å². The summed E-state index contributed by atoms with van der Waals surface area (Å²) in [5.74, 6) is 0.865. The van der Waals surface area contributed by atoms with Crippen LogP contribution in [0.1, 0.15) is 26.2 Å². The highest BCUT2D eigenvalue weighted by atomic mass is 16.5. The summed E-state index contributed by atoms with van der Waals surface area (Å²) in [7, 11) is 5.60. The van der Waals surface area contributed by atoms with Crippen LogP contribution in [0.5, 0.6) is 5.75 Å². The predicted molar refractivity (Wildman–Crippen MR) is 83.2 cm³/mol. The van der Waals surface area contributed by atoms with E-state index in [0.717, 1.165) is 37.2 Å². The summed E-state index contributed by atoms with van der Waals surface area (Å²) in [5.41, 5.74) is 0.739. The van der Waals surface area contributed by atoms with Gasteiger partial charge in [-0.2, -0.15) is 5.26 Å². The molecule has 0 amide bonds. The molecule has 0 aromatic heterocycles. The molecule has 1 rings (SSSR count). The lowest BCUT2D eigenvalue weighted by molar-refractivity contribution is 0.393. The fraction of sp³-hybridized carbons (Fsp3) is 0.562. The number of ether oxygens (including phenoxy) is 1. The SMILES string of the molecule is CCC(C#N)(CCCN(C)c1cccc(OC)c1)NC. The molecule has 1 N–H and O–H groups in total. The van der Waals surface area contributed by atoms with Crippen molar-refractivity contribution in [2.45, 2.75) is 31.7 Å². The van der Waals surface area contributed by atoms with Crippen LogP contribution in [-0.4, -0.2) is 33.3 Å². The molecule has 0 saturated carbocycles.